The Kier molecular flexibility index (Phi) is 3.02. The van der Waals surface area contributed by atoms with E-state index < -0.39 is 0 Å². The number of rotatable bonds is 2. The lowest BCUT2D eigenvalue weighted by atomic mass is 10.3. The highest BCUT2D eigenvalue weighted by atomic mass is 79.9. The summed E-state index contributed by atoms with van der Waals surface area (Å²) in [6, 6.07) is 4.12. The lowest BCUT2D eigenvalue weighted by Crippen LogP contribution is -2.02. The topological polar surface area (TPSA) is 30.7 Å². The van der Waals surface area contributed by atoms with Gasteiger partial charge in [0.2, 0.25) is 0 Å². The molecule has 0 radical (unpaired) electrons. The van der Waals surface area contributed by atoms with E-state index >= 15 is 0 Å². The Morgan fingerprint density at radius 2 is 2.27 bits per heavy atom. The average molecular weight is 291 g/mol. The fraction of sp³-hybridized carbons (Fsp3) is 0.111. The van der Waals surface area contributed by atoms with Crippen molar-refractivity contribution in [1.29, 1.82) is 0 Å². The van der Waals surface area contributed by atoms with Crippen LogP contribution in [-0.2, 0) is 5.33 Å². The first kappa shape index (κ1) is 10.6. The Labute approximate surface area is 99.0 Å². The van der Waals surface area contributed by atoms with E-state index in [1.54, 1.807) is 6.20 Å². The molecule has 2 rings (SSSR count). The maximum Gasteiger partial charge on any atom is 0.125 e. The Hall–Kier alpha value is -0.940. The Morgan fingerprint density at radius 1 is 1.47 bits per heavy atom. The third-order valence-corrected chi connectivity index (χ3v) is 2.79. The SMILES string of the molecule is Fc1ccc(Cl)c(-n2nncc2CBr)c1. The molecule has 0 saturated heterocycles. The van der Waals surface area contributed by atoms with Gasteiger partial charge < -0.3 is 0 Å². The van der Waals surface area contributed by atoms with Gasteiger partial charge in [-0.1, -0.05) is 32.7 Å². The molecule has 0 fully saturated rings. The number of alkyl halides is 1. The Bertz CT molecular complexity index is 486. The normalized spacial score (nSPS) is 10.6. The van der Waals surface area contributed by atoms with E-state index in [2.05, 4.69) is 26.2 Å². The standard InChI is InChI=1S/C9H6BrClFN3/c10-4-7-5-13-14-15(7)9-3-6(12)1-2-8(9)11/h1-3,5H,4H2. The number of hydrogen-bond donors (Lipinski definition) is 0. The van der Waals surface area contributed by atoms with Gasteiger partial charge in [0.05, 0.1) is 22.6 Å². The molecule has 0 aliphatic rings. The lowest BCUT2D eigenvalue weighted by molar-refractivity contribution is 0.624. The monoisotopic (exact) mass is 289 g/mol. The minimum atomic E-state index is -0.356. The predicted molar refractivity (Wildman–Crippen MR) is 59.0 cm³/mol. The van der Waals surface area contributed by atoms with Gasteiger partial charge in [0, 0.05) is 11.4 Å². The summed E-state index contributed by atoms with van der Waals surface area (Å²) < 4.78 is 14.5. The van der Waals surface area contributed by atoms with Gasteiger partial charge in [0.1, 0.15) is 5.82 Å². The van der Waals surface area contributed by atoms with Crippen LogP contribution in [0.2, 0.25) is 5.02 Å². The van der Waals surface area contributed by atoms with Crippen LogP contribution in [0.15, 0.2) is 24.4 Å². The first-order valence-electron chi connectivity index (χ1n) is 4.13. The largest absolute Gasteiger partial charge is 0.215 e. The smallest absolute Gasteiger partial charge is 0.125 e. The van der Waals surface area contributed by atoms with Crippen LogP contribution in [0.4, 0.5) is 4.39 Å². The van der Waals surface area contributed by atoms with Crippen LogP contribution in [0.25, 0.3) is 5.69 Å². The molecule has 0 bridgehead atoms. The molecule has 1 aromatic heterocycles. The Balaban J connectivity index is 2.58. The molecule has 15 heavy (non-hydrogen) atoms. The zero-order chi connectivity index (χ0) is 10.8. The highest BCUT2D eigenvalue weighted by Gasteiger charge is 2.09. The maximum atomic E-state index is 13.0. The van der Waals surface area contributed by atoms with E-state index in [9.17, 15) is 4.39 Å². The van der Waals surface area contributed by atoms with Crippen LogP contribution in [0.5, 0.6) is 0 Å². The van der Waals surface area contributed by atoms with Crippen LogP contribution >= 0.6 is 27.5 Å². The summed E-state index contributed by atoms with van der Waals surface area (Å²) >= 11 is 9.24. The molecule has 0 aliphatic carbocycles. The van der Waals surface area contributed by atoms with Crippen molar-refractivity contribution in [3.05, 3.63) is 40.9 Å². The molecule has 0 aliphatic heterocycles. The van der Waals surface area contributed by atoms with E-state index in [4.69, 9.17) is 11.6 Å². The van der Waals surface area contributed by atoms with Crippen LogP contribution in [-0.4, -0.2) is 15.0 Å². The molecule has 0 N–H and O–H groups in total. The van der Waals surface area contributed by atoms with Gasteiger partial charge in [-0.25, -0.2) is 9.07 Å². The van der Waals surface area contributed by atoms with Crippen molar-refractivity contribution in [2.45, 2.75) is 5.33 Å². The summed E-state index contributed by atoms with van der Waals surface area (Å²) in [6.45, 7) is 0. The number of halogens is 3. The summed E-state index contributed by atoms with van der Waals surface area (Å²) in [5, 5.41) is 8.60. The second-order valence-electron chi connectivity index (χ2n) is 2.87. The molecule has 3 nitrogen and oxygen atoms in total. The van der Waals surface area contributed by atoms with Gasteiger partial charge in [-0.3, -0.25) is 0 Å². The van der Waals surface area contributed by atoms with Crippen molar-refractivity contribution < 1.29 is 4.39 Å². The molecule has 1 aromatic carbocycles. The molecular weight excluding hydrogens is 284 g/mol. The third-order valence-electron chi connectivity index (χ3n) is 1.89. The summed E-state index contributed by atoms with van der Waals surface area (Å²) in [7, 11) is 0. The first-order chi connectivity index (χ1) is 7.22. The van der Waals surface area contributed by atoms with E-state index in [1.165, 1.54) is 22.9 Å². The van der Waals surface area contributed by atoms with Crippen LogP contribution in [0.1, 0.15) is 5.69 Å². The van der Waals surface area contributed by atoms with Crippen LogP contribution in [0.3, 0.4) is 0 Å². The van der Waals surface area contributed by atoms with Crippen LogP contribution < -0.4 is 0 Å². The van der Waals surface area contributed by atoms with Gasteiger partial charge in [0.25, 0.3) is 0 Å². The summed E-state index contributed by atoms with van der Waals surface area (Å²) in [5.74, 6) is -0.356. The van der Waals surface area contributed by atoms with Gasteiger partial charge in [0.15, 0.2) is 0 Å². The number of benzene rings is 1. The lowest BCUT2D eigenvalue weighted by Gasteiger charge is -2.05. The molecule has 0 unspecified atom stereocenters. The van der Waals surface area contributed by atoms with Crippen molar-refractivity contribution >= 4 is 27.5 Å². The summed E-state index contributed by atoms with van der Waals surface area (Å²) in [4.78, 5) is 0. The zero-order valence-corrected chi connectivity index (χ0v) is 9.83. The minimum absolute atomic E-state index is 0.356. The molecule has 2 aromatic rings. The third kappa shape index (κ3) is 2.03. The van der Waals surface area contributed by atoms with E-state index in [0.29, 0.717) is 16.0 Å². The van der Waals surface area contributed by atoms with E-state index in [0.717, 1.165) is 5.69 Å². The molecule has 0 spiro atoms. The first-order valence-corrected chi connectivity index (χ1v) is 5.63. The van der Waals surface area contributed by atoms with E-state index in [-0.39, 0.29) is 5.82 Å². The summed E-state index contributed by atoms with van der Waals surface area (Å²) in [6.07, 6.45) is 1.59. The molecule has 6 heteroatoms. The minimum Gasteiger partial charge on any atom is -0.215 e. The van der Waals surface area contributed by atoms with Gasteiger partial charge in [-0.05, 0) is 12.1 Å². The number of hydrogen-bond acceptors (Lipinski definition) is 2. The molecule has 0 saturated carbocycles. The van der Waals surface area contributed by atoms with Gasteiger partial charge in [-0.15, -0.1) is 5.10 Å². The van der Waals surface area contributed by atoms with E-state index in [1.807, 2.05) is 0 Å². The molecule has 0 amide bonds. The zero-order valence-electron chi connectivity index (χ0n) is 7.49. The van der Waals surface area contributed by atoms with Gasteiger partial charge in [-0.2, -0.15) is 0 Å². The van der Waals surface area contributed by atoms with Crippen molar-refractivity contribution in [1.82, 2.24) is 15.0 Å². The predicted octanol–water partition coefficient (Wildman–Crippen LogP) is 2.95. The van der Waals surface area contributed by atoms with Crippen LogP contribution in [0, 0.1) is 5.82 Å². The number of nitrogens with zero attached hydrogens (tertiary/aromatic N) is 3. The molecule has 1 heterocycles. The van der Waals surface area contributed by atoms with Crippen molar-refractivity contribution in [3.8, 4) is 5.69 Å². The highest BCUT2D eigenvalue weighted by Crippen LogP contribution is 2.22. The Morgan fingerprint density at radius 3 is 3.00 bits per heavy atom. The fourth-order valence-electron chi connectivity index (χ4n) is 1.20. The van der Waals surface area contributed by atoms with Crippen molar-refractivity contribution in [2.24, 2.45) is 0 Å². The molecule has 78 valence electrons. The van der Waals surface area contributed by atoms with Crippen molar-refractivity contribution in [3.63, 3.8) is 0 Å². The maximum absolute atomic E-state index is 13.0. The molecular formula is C9H6BrClFN3. The molecule has 0 atom stereocenters. The number of aromatic nitrogens is 3. The summed E-state index contributed by atoms with van der Waals surface area (Å²) in [5.41, 5.74) is 1.30. The fourth-order valence-corrected chi connectivity index (χ4v) is 1.78. The van der Waals surface area contributed by atoms with Crippen molar-refractivity contribution in [2.75, 3.05) is 0 Å². The second-order valence-corrected chi connectivity index (χ2v) is 3.83. The highest BCUT2D eigenvalue weighted by molar-refractivity contribution is 9.08. The second kappa shape index (κ2) is 4.28. The average Bonchev–Trinajstić information content (AvgIpc) is 2.69. The van der Waals surface area contributed by atoms with Gasteiger partial charge >= 0.3 is 0 Å². The quantitative estimate of drug-likeness (QED) is 0.796.